The Morgan fingerprint density at radius 1 is 1.31 bits per heavy atom. The van der Waals surface area contributed by atoms with Crippen LogP contribution >= 0.6 is 0 Å². The molecule has 0 radical (unpaired) electrons. The van der Waals surface area contributed by atoms with Crippen molar-refractivity contribution in [2.45, 2.75) is 39.2 Å². The Balaban J connectivity index is 2.01. The lowest BCUT2D eigenvalue weighted by Gasteiger charge is -2.23. The number of nitrogens with zero attached hydrogens (tertiary/aromatic N) is 2. The van der Waals surface area contributed by atoms with E-state index in [9.17, 15) is 18.8 Å². The molecule has 0 bridgehead atoms. The fourth-order valence-electron chi connectivity index (χ4n) is 2.63. The number of carboxylic acid groups (broad SMARTS) is 1. The maximum Gasteiger partial charge on any atom is 0.308 e. The number of amides is 2. The van der Waals surface area contributed by atoms with E-state index in [0.29, 0.717) is 18.4 Å². The Morgan fingerprint density at radius 2 is 2.00 bits per heavy atom. The third-order valence-electron chi connectivity index (χ3n) is 4.11. The first-order valence-electron chi connectivity index (χ1n) is 8.54. The zero-order valence-electron chi connectivity index (χ0n) is 14.6. The van der Waals surface area contributed by atoms with Gasteiger partial charge in [-0.25, -0.2) is 9.40 Å². The molecule has 1 aromatic carbocycles. The second-order valence-corrected chi connectivity index (χ2v) is 6.16. The Bertz CT molecular complexity index is 703. The topological polar surface area (TPSA) is 99.1 Å². The highest BCUT2D eigenvalue weighted by Gasteiger charge is 2.25. The largest absolute Gasteiger partial charge is 0.481 e. The van der Waals surface area contributed by atoms with Gasteiger partial charge in [-0.3, -0.25) is 14.4 Å². The van der Waals surface area contributed by atoms with Gasteiger partial charge in [-0.1, -0.05) is 25.5 Å². The summed E-state index contributed by atoms with van der Waals surface area (Å²) in [6.07, 6.45) is 1.52. The molecule has 26 heavy (non-hydrogen) atoms. The van der Waals surface area contributed by atoms with E-state index in [1.807, 2.05) is 6.92 Å². The van der Waals surface area contributed by atoms with E-state index >= 15 is 0 Å². The highest BCUT2D eigenvalue weighted by atomic mass is 19.1. The summed E-state index contributed by atoms with van der Waals surface area (Å²) in [5.74, 6) is -2.66. The normalized spacial score (nSPS) is 15.4. The van der Waals surface area contributed by atoms with Crippen LogP contribution in [0.15, 0.2) is 29.4 Å². The van der Waals surface area contributed by atoms with Crippen molar-refractivity contribution in [3.63, 3.8) is 0 Å². The third kappa shape index (κ3) is 5.37. The van der Waals surface area contributed by atoms with Crippen LogP contribution in [0.25, 0.3) is 0 Å². The first-order chi connectivity index (χ1) is 12.4. The molecule has 0 spiro atoms. The van der Waals surface area contributed by atoms with Crippen molar-refractivity contribution in [3.8, 4) is 0 Å². The monoisotopic (exact) mass is 363 g/mol. The number of hydrazone groups is 1. The number of hydrogen-bond donors (Lipinski definition) is 2. The Kier molecular flexibility index (Phi) is 6.82. The Hall–Kier alpha value is -2.77. The number of nitrogens with one attached hydrogen (secondary N) is 1. The minimum absolute atomic E-state index is 0.0208. The smallest absolute Gasteiger partial charge is 0.308 e. The average molecular weight is 363 g/mol. The molecule has 1 aliphatic rings. The maximum atomic E-state index is 13.0. The van der Waals surface area contributed by atoms with Gasteiger partial charge >= 0.3 is 5.97 Å². The minimum Gasteiger partial charge on any atom is -0.481 e. The van der Waals surface area contributed by atoms with Crippen LogP contribution in [0, 0.1) is 11.7 Å². The van der Waals surface area contributed by atoms with Gasteiger partial charge in [0.05, 0.1) is 12.5 Å². The molecular formula is C18H22FN3O4. The molecule has 8 heteroatoms. The molecule has 1 aliphatic heterocycles. The summed E-state index contributed by atoms with van der Waals surface area (Å²) in [6.45, 7) is 2.04. The Labute approximate surface area is 150 Å². The number of carbonyl (C=O) groups is 3. The molecule has 140 valence electrons. The van der Waals surface area contributed by atoms with Crippen molar-refractivity contribution < 1.29 is 23.9 Å². The summed E-state index contributed by atoms with van der Waals surface area (Å²) in [6, 6.07) is 5.69. The fourth-order valence-corrected chi connectivity index (χ4v) is 2.63. The van der Waals surface area contributed by atoms with Crippen LogP contribution in [-0.2, 0) is 20.9 Å². The van der Waals surface area contributed by atoms with E-state index in [1.165, 1.54) is 17.1 Å². The predicted molar refractivity (Wildman–Crippen MR) is 92.7 cm³/mol. The van der Waals surface area contributed by atoms with Crippen molar-refractivity contribution in [2.24, 2.45) is 11.0 Å². The summed E-state index contributed by atoms with van der Waals surface area (Å²) in [5.41, 5.74) is 0.881. The molecule has 0 saturated heterocycles. The van der Waals surface area contributed by atoms with Crippen LogP contribution in [0.3, 0.4) is 0 Å². The van der Waals surface area contributed by atoms with E-state index in [1.54, 1.807) is 12.1 Å². The van der Waals surface area contributed by atoms with Crippen LogP contribution in [0.1, 0.15) is 38.2 Å². The van der Waals surface area contributed by atoms with E-state index in [4.69, 9.17) is 5.11 Å². The number of hydrogen-bond acceptors (Lipinski definition) is 4. The van der Waals surface area contributed by atoms with Gasteiger partial charge in [0.15, 0.2) is 0 Å². The molecular weight excluding hydrogens is 341 g/mol. The quantitative estimate of drug-likeness (QED) is 0.737. The third-order valence-corrected chi connectivity index (χ3v) is 4.11. The molecule has 0 aromatic heterocycles. The van der Waals surface area contributed by atoms with Gasteiger partial charge in [-0.05, 0) is 24.1 Å². The van der Waals surface area contributed by atoms with Gasteiger partial charge in [-0.15, -0.1) is 0 Å². The molecule has 1 heterocycles. The lowest BCUT2D eigenvalue weighted by molar-refractivity contribution is -0.141. The molecule has 1 aromatic rings. The van der Waals surface area contributed by atoms with Crippen LogP contribution in [0.2, 0.25) is 0 Å². The predicted octanol–water partition coefficient (Wildman–Crippen LogP) is 1.92. The van der Waals surface area contributed by atoms with E-state index in [-0.39, 0.29) is 43.4 Å². The molecule has 0 aliphatic carbocycles. The summed E-state index contributed by atoms with van der Waals surface area (Å²) < 4.78 is 13.0. The fraction of sp³-hybridized carbons (Fsp3) is 0.444. The SMILES string of the molecule is CCCC(CNC(=O)C1=NN(Cc2ccc(F)cc2)C(=O)CC1)C(=O)O. The van der Waals surface area contributed by atoms with Crippen molar-refractivity contribution in [1.29, 1.82) is 0 Å². The molecule has 2 N–H and O–H groups in total. The van der Waals surface area contributed by atoms with Crippen LogP contribution in [0.5, 0.6) is 0 Å². The Morgan fingerprint density at radius 3 is 2.62 bits per heavy atom. The highest BCUT2D eigenvalue weighted by molar-refractivity contribution is 6.39. The average Bonchev–Trinajstić information content (AvgIpc) is 2.61. The molecule has 0 fully saturated rings. The molecule has 1 unspecified atom stereocenters. The van der Waals surface area contributed by atoms with E-state index in [2.05, 4.69) is 10.4 Å². The van der Waals surface area contributed by atoms with Crippen molar-refractivity contribution in [2.75, 3.05) is 6.54 Å². The van der Waals surface area contributed by atoms with Gasteiger partial charge in [0, 0.05) is 19.4 Å². The van der Waals surface area contributed by atoms with Crippen LogP contribution in [0.4, 0.5) is 4.39 Å². The molecule has 7 nitrogen and oxygen atoms in total. The number of carbonyl (C=O) groups excluding carboxylic acids is 2. The molecule has 0 saturated carbocycles. The number of aliphatic carboxylic acids is 1. The maximum absolute atomic E-state index is 13.0. The summed E-state index contributed by atoms with van der Waals surface area (Å²) in [5, 5.41) is 17.0. The van der Waals surface area contributed by atoms with E-state index < -0.39 is 17.8 Å². The van der Waals surface area contributed by atoms with Crippen molar-refractivity contribution >= 4 is 23.5 Å². The van der Waals surface area contributed by atoms with Gasteiger partial charge < -0.3 is 10.4 Å². The van der Waals surface area contributed by atoms with Gasteiger partial charge in [0.25, 0.3) is 5.91 Å². The van der Waals surface area contributed by atoms with Crippen molar-refractivity contribution in [3.05, 3.63) is 35.6 Å². The van der Waals surface area contributed by atoms with E-state index in [0.717, 1.165) is 0 Å². The summed E-state index contributed by atoms with van der Waals surface area (Å²) in [7, 11) is 0. The number of carboxylic acids is 1. The summed E-state index contributed by atoms with van der Waals surface area (Å²) in [4.78, 5) is 35.4. The molecule has 1 atom stereocenters. The van der Waals surface area contributed by atoms with Crippen LogP contribution < -0.4 is 5.32 Å². The van der Waals surface area contributed by atoms with Gasteiger partial charge in [0.1, 0.15) is 11.5 Å². The number of halogens is 1. The number of rotatable bonds is 8. The highest BCUT2D eigenvalue weighted by Crippen LogP contribution is 2.14. The standard InChI is InChI=1S/C18H22FN3O4/c1-2-3-13(18(25)26)10-20-17(24)15-8-9-16(23)22(21-15)11-12-4-6-14(19)7-5-12/h4-7,13H,2-3,8-11H2,1H3,(H,20,24)(H,25,26). The number of benzene rings is 1. The zero-order chi connectivity index (χ0) is 19.1. The first-order valence-corrected chi connectivity index (χ1v) is 8.54. The van der Waals surface area contributed by atoms with Crippen LogP contribution in [-0.4, -0.2) is 40.2 Å². The summed E-state index contributed by atoms with van der Waals surface area (Å²) >= 11 is 0. The van der Waals surface area contributed by atoms with Gasteiger partial charge in [-0.2, -0.15) is 5.10 Å². The van der Waals surface area contributed by atoms with Gasteiger partial charge in [0.2, 0.25) is 5.91 Å². The lowest BCUT2D eigenvalue weighted by atomic mass is 10.0. The lowest BCUT2D eigenvalue weighted by Crippen LogP contribution is -2.41. The zero-order valence-corrected chi connectivity index (χ0v) is 14.6. The minimum atomic E-state index is -0.953. The molecule has 2 amide bonds. The molecule has 2 rings (SSSR count). The first kappa shape index (κ1) is 19.6. The second kappa shape index (κ2) is 9.07. The van der Waals surface area contributed by atoms with Crippen molar-refractivity contribution in [1.82, 2.24) is 10.3 Å². The second-order valence-electron chi connectivity index (χ2n) is 6.16.